The molecule has 0 aliphatic rings. The Balaban J connectivity index is 1.65. The van der Waals surface area contributed by atoms with Gasteiger partial charge in [-0.1, -0.05) is 13.3 Å². The van der Waals surface area contributed by atoms with Gasteiger partial charge in [-0.05, 0) is 76.1 Å². The summed E-state index contributed by atoms with van der Waals surface area (Å²) in [5.74, 6) is 0. The van der Waals surface area contributed by atoms with Crippen LogP contribution in [-0.4, -0.2) is 106 Å². The molecule has 2 aromatic rings. The topological polar surface area (TPSA) is 151 Å². The van der Waals surface area contributed by atoms with Crippen molar-refractivity contribution >= 4 is 38.4 Å². The molecule has 0 atom stereocenters. The van der Waals surface area contributed by atoms with Gasteiger partial charge >= 0.3 is 10.7 Å². The average molecular weight is 682 g/mol. The third-order valence-electron chi connectivity index (χ3n) is 8.26. The van der Waals surface area contributed by atoms with Crippen LogP contribution < -0.4 is 4.90 Å². The highest BCUT2D eigenvalue weighted by Gasteiger charge is 2.31. The molecule has 0 saturated carbocycles. The minimum absolute atomic E-state index is 0.0261. The number of thiophene rings is 1. The lowest BCUT2D eigenvalue weighted by Crippen LogP contribution is -2.50. The molecule has 15 heteroatoms. The van der Waals surface area contributed by atoms with Gasteiger partial charge in [-0.3, -0.25) is 20.2 Å². The van der Waals surface area contributed by atoms with E-state index in [0.717, 1.165) is 48.5 Å². The van der Waals surface area contributed by atoms with Crippen molar-refractivity contribution in [1.82, 2.24) is 0 Å². The predicted octanol–water partition coefficient (Wildman–Crippen LogP) is 7.15. The lowest BCUT2D eigenvalue weighted by atomic mass is 10.1. The molecule has 14 nitrogen and oxygen atoms in total. The summed E-state index contributed by atoms with van der Waals surface area (Å²) >= 11 is 0.641. The Kier molecular flexibility index (Phi) is 18.5. The number of unbranched alkanes of at least 4 members (excludes halogenated alkanes) is 1. The van der Waals surface area contributed by atoms with Crippen LogP contribution in [0.15, 0.2) is 28.4 Å². The third kappa shape index (κ3) is 13.2. The van der Waals surface area contributed by atoms with E-state index in [1.165, 1.54) is 26.3 Å². The number of azo groups is 1. The van der Waals surface area contributed by atoms with Crippen molar-refractivity contribution < 1.29 is 33.3 Å². The Hall–Kier alpha value is -3.08. The van der Waals surface area contributed by atoms with E-state index in [-0.39, 0.29) is 15.6 Å². The van der Waals surface area contributed by atoms with Crippen molar-refractivity contribution in [3.8, 4) is 0 Å². The molecule has 0 spiro atoms. The molecular weight excluding hydrogens is 628 g/mol. The summed E-state index contributed by atoms with van der Waals surface area (Å²) in [4.78, 5) is 23.5. The van der Waals surface area contributed by atoms with E-state index in [4.69, 9.17) is 18.9 Å². The largest absolute Gasteiger partial charge is 0.377 e. The fourth-order valence-corrected chi connectivity index (χ4v) is 6.02. The lowest BCUT2D eigenvalue weighted by Gasteiger charge is -2.36. The first kappa shape index (κ1) is 40.1. The SMILES string of the molecule is CCCC[N+](CC)(CC)CCOCCOCCOCCOCCN(CC)c1ccc(/N=N/c2sc([N+](=O)[O-])c(C)c2[N+](=O)[O-])c(C)c1. The molecule has 0 N–H and O–H groups in total. The molecule has 0 radical (unpaired) electrons. The van der Waals surface area contributed by atoms with Crippen LogP contribution in [-0.2, 0) is 18.9 Å². The number of likely N-dealkylation sites (N-methyl/N-ethyl adjacent to an activating group) is 2. The van der Waals surface area contributed by atoms with E-state index < -0.39 is 15.5 Å². The maximum atomic E-state index is 11.5. The van der Waals surface area contributed by atoms with Gasteiger partial charge < -0.3 is 28.3 Å². The molecule has 1 aromatic heterocycles. The Morgan fingerprint density at radius 3 is 1.91 bits per heavy atom. The van der Waals surface area contributed by atoms with Gasteiger partial charge in [-0.2, -0.15) is 0 Å². The van der Waals surface area contributed by atoms with E-state index in [2.05, 4.69) is 42.8 Å². The van der Waals surface area contributed by atoms with Crippen LogP contribution >= 0.6 is 11.3 Å². The number of rotatable bonds is 26. The highest BCUT2D eigenvalue weighted by Crippen LogP contribution is 2.46. The summed E-state index contributed by atoms with van der Waals surface area (Å²) < 4.78 is 23.9. The van der Waals surface area contributed by atoms with E-state index in [1.807, 2.05) is 19.1 Å². The average Bonchev–Trinajstić information content (AvgIpc) is 3.40. The van der Waals surface area contributed by atoms with Crippen LogP contribution in [0, 0.1) is 34.1 Å². The first-order valence-electron chi connectivity index (χ1n) is 16.5. The number of nitrogens with zero attached hydrogens (tertiary/aromatic N) is 6. The normalized spacial score (nSPS) is 11.9. The fraction of sp³-hybridized carbons (Fsp3) is 0.688. The summed E-state index contributed by atoms with van der Waals surface area (Å²) in [6, 6.07) is 5.63. The molecule has 264 valence electrons. The van der Waals surface area contributed by atoms with Gasteiger partial charge in [0.25, 0.3) is 0 Å². The summed E-state index contributed by atoms with van der Waals surface area (Å²) in [6.07, 6.45) is 2.48. The molecule has 1 heterocycles. The van der Waals surface area contributed by atoms with Gasteiger partial charge in [0.15, 0.2) is 0 Å². The smallest absolute Gasteiger partial charge is 0.336 e. The zero-order valence-electron chi connectivity index (χ0n) is 28.9. The first-order chi connectivity index (χ1) is 22.6. The van der Waals surface area contributed by atoms with Crippen molar-refractivity contribution in [2.45, 2.75) is 54.4 Å². The second kappa shape index (κ2) is 21.7. The number of hydrogen-bond acceptors (Lipinski definition) is 12. The number of hydrogen-bond donors (Lipinski definition) is 0. The van der Waals surface area contributed by atoms with Gasteiger partial charge in [0.05, 0.1) is 88.0 Å². The monoisotopic (exact) mass is 681 g/mol. The number of ether oxygens (including phenoxy) is 4. The second-order valence-electron chi connectivity index (χ2n) is 11.2. The highest BCUT2D eigenvalue weighted by molar-refractivity contribution is 7.19. The summed E-state index contributed by atoms with van der Waals surface area (Å²) in [6.45, 7) is 22.5. The van der Waals surface area contributed by atoms with Crippen LogP contribution in [0.5, 0.6) is 0 Å². The minimum Gasteiger partial charge on any atom is -0.377 e. The quantitative estimate of drug-likeness (QED) is 0.0331. The van der Waals surface area contributed by atoms with Crippen LogP contribution in [0.2, 0.25) is 0 Å². The van der Waals surface area contributed by atoms with Gasteiger partial charge in [0.1, 0.15) is 12.1 Å². The Morgan fingerprint density at radius 2 is 1.40 bits per heavy atom. The van der Waals surface area contributed by atoms with Crippen LogP contribution in [0.1, 0.15) is 51.7 Å². The number of anilines is 1. The molecule has 0 amide bonds. The molecule has 0 saturated heterocycles. The van der Waals surface area contributed by atoms with Crippen molar-refractivity contribution in [1.29, 1.82) is 0 Å². The summed E-state index contributed by atoms with van der Waals surface area (Å²) in [5, 5.41) is 30.4. The molecule has 2 rings (SSSR count). The van der Waals surface area contributed by atoms with E-state index in [0.29, 0.717) is 69.8 Å². The summed E-state index contributed by atoms with van der Waals surface area (Å²) in [7, 11) is 0. The number of nitro groups is 2. The zero-order valence-corrected chi connectivity index (χ0v) is 29.7. The summed E-state index contributed by atoms with van der Waals surface area (Å²) in [5.41, 5.74) is 1.89. The van der Waals surface area contributed by atoms with Gasteiger partial charge in [0.2, 0.25) is 5.00 Å². The van der Waals surface area contributed by atoms with E-state index in [1.54, 1.807) is 6.07 Å². The second-order valence-corrected chi connectivity index (χ2v) is 12.2. The Bertz CT molecular complexity index is 1270. The molecule has 0 bridgehead atoms. The fourth-order valence-electron chi connectivity index (χ4n) is 5.11. The lowest BCUT2D eigenvalue weighted by molar-refractivity contribution is -0.925. The standard InChI is InChI=1S/C32H53N6O8S/c1-7-11-15-38(9-3,10-4)16-18-44-20-22-46-24-23-45-21-19-43-17-14-35(8-2)28-12-13-29(26(5)25-28)33-34-31-30(36(39)40)27(6)32(47-31)37(41)42/h12-13,25H,7-11,14-24H2,1-6H3/q+1/b34-33+. The molecule has 0 unspecified atom stereocenters. The van der Waals surface area contributed by atoms with E-state index >= 15 is 0 Å². The van der Waals surface area contributed by atoms with Gasteiger partial charge in [-0.25, -0.2) is 0 Å². The van der Waals surface area contributed by atoms with Crippen molar-refractivity contribution in [2.75, 3.05) is 97.0 Å². The van der Waals surface area contributed by atoms with Crippen molar-refractivity contribution in [2.24, 2.45) is 10.2 Å². The van der Waals surface area contributed by atoms with Crippen LogP contribution in [0.25, 0.3) is 0 Å². The molecule has 0 aliphatic heterocycles. The van der Waals surface area contributed by atoms with Crippen LogP contribution in [0.3, 0.4) is 0 Å². The van der Waals surface area contributed by atoms with Gasteiger partial charge in [-0.15, -0.1) is 10.2 Å². The number of quaternary nitrogens is 1. The molecule has 0 aliphatic carbocycles. The Morgan fingerprint density at radius 1 is 0.809 bits per heavy atom. The highest BCUT2D eigenvalue weighted by atomic mass is 32.1. The van der Waals surface area contributed by atoms with Crippen LogP contribution in [0.4, 0.5) is 27.1 Å². The maximum absolute atomic E-state index is 11.5. The zero-order chi connectivity index (χ0) is 34.7. The number of benzene rings is 1. The molecule has 1 aromatic carbocycles. The molecule has 0 fully saturated rings. The van der Waals surface area contributed by atoms with E-state index in [9.17, 15) is 20.2 Å². The number of aryl methyl sites for hydroxylation is 1. The van der Waals surface area contributed by atoms with Gasteiger partial charge in [0, 0.05) is 18.8 Å². The van der Waals surface area contributed by atoms with Crippen molar-refractivity contribution in [3.63, 3.8) is 0 Å². The molecular formula is C32H53N6O8S+. The van der Waals surface area contributed by atoms with Crippen molar-refractivity contribution in [3.05, 3.63) is 49.6 Å². The molecule has 47 heavy (non-hydrogen) atoms. The third-order valence-corrected chi connectivity index (χ3v) is 9.37. The minimum atomic E-state index is -0.665. The Labute approximate surface area is 282 Å². The first-order valence-corrected chi connectivity index (χ1v) is 17.3. The maximum Gasteiger partial charge on any atom is 0.336 e. The predicted molar refractivity (Wildman–Crippen MR) is 185 cm³/mol.